The van der Waals surface area contributed by atoms with Gasteiger partial charge in [-0.3, -0.25) is 4.79 Å². The van der Waals surface area contributed by atoms with Gasteiger partial charge in [0.25, 0.3) is 0 Å². The average Bonchev–Trinajstić information content (AvgIpc) is 2.63. The van der Waals surface area contributed by atoms with Crippen LogP contribution in [0.15, 0.2) is 29.3 Å². The minimum absolute atomic E-state index is 0.0959. The highest BCUT2D eigenvalue weighted by atomic mass is 32.2. The standard InChI is InChI=1S/C18H15F2N3O3S/c1-3-26-18(25)12-7-11(8-21)17(22-10(12)2)27-9-15(24)23-16-13(19)5-4-6-14(16)20/h4-7H,3,9H2,1-2H3,(H,23,24). The van der Waals surface area contributed by atoms with Crippen molar-refractivity contribution in [3.63, 3.8) is 0 Å². The Bertz CT molecular complexity index is 909. The van der Waals surface area contributed by atoms with E-state index in [9.17, 15) is 23.6 Å². The molecule has 1 N–H and O–H groups in total. The number of carbonyl (C=O) groups is 2. The summed E-state index contributed by atoms with van der Waals surface area (Å²) in [7, 11) is 0. The van der Waals surface area contributed by atoms with Gasteiger partial charge in [0.15, 0.2) is 0 Å². The molecule has 9 heteroatoms. The first-order chi connectivity index (χ1) is 12.9. The van der Waals surface area contributed by atoms with Gasteiger partial charge in [-0.05, 0) is 32.0 Å². The number of thioether (sulfide) groups is 1. The number of benzene rings is 1. The number of aryl methyl sites for hydroxylation is 1. The van der Waals surface area contributed by atoms with Crippen molar-refractivity contribution < 1.29 is 23.1 Å². The van der Waals surface area contributed by atoms with Crippen molar-refractivity contribution in [3.05, 3.63) is 52.7 Å². The summed E-state index contributed by atoms with van der Waals surface area (Å²) in [4.78, 5) is 28.0. The number of anilines is 1. The Morgan fingerprint density at radius 3 is 2.59 bits per heavy atom. The number of nitriles is 1. The number of ether oxygens (including phenoxy) is 1. The Morgan fingerprint density at radius 2 is 2.00 bits per heavy atom. The number of halogens is 2. The van der Waals surface area contributed by atoms with E-state index in [1.54, 1.807) is 13.8 Å². The SMILES string of the molecule is CCOC(=O)c1cc(C#N)c(SCC(=O)Nc2c(F)cccc2F)nc1C. The molecule has 0 fully saturated rings. The van der Waals surface area contributed by atoms with Crippen LogP contribution in [-0.4, -0.2) is 29.2 Å². The summed E-state index contributed by atoms with van der Waals surface area (Å²) in [5, 5.41) is 11.6. The smallest absolute Gasteiger partial charge is 0.340 e. The average molecular weight is 391 g/mol. The number of carbonyl (C=O) groups excluding carboxylic acids is 2. The van der Waals surface area contributed by atoms with Gasteiger partial charge in [-0.1, -0.05) is 17.8 Å². The highest BCUT2D eigenvalue weighted by molar-refractivity contribution is 8.00. The van der Waals surface area contributed by atoms with Crippen molar-refractivity contribution >= 4 is 29.3 Å². The van der Waals surface area contributed by atoms with Gasteiger partial charge in [-0.15, -0.1) is 0 Å². The molecule has 0 spiro atoms. The number of hydrogen-bond acceptors (Lipinski definition) is 6. The fourth-order valence-corrected chi connectivity index (χ4v) is 2.92. The summed E-state index contributed by atoms with van der Waals surface area (Å²) < 4.78 is 32.0. The Kier molecular flexibility index (Phi) is 6.85. The summed E-state index contributed by atoms with van der Waals surface area (Å²) in [5.74, 6) is -3.27. The third-order valence-electron chi connectivity index (χ3n) is 3.36. The van der Waals surface area contributed by atoms with E-state index in [1.165, 1.54) is 12.1 Å². The number of para-hydroxylation sites is 1. The van der Waals surface area contributed by atoms with Crippen molar-refractivity contribution in [2.75, 3.05) is 17.7 Å². The van der Waals surface area contributed by atoms with Gasteiger partial charge in [0.2, 0.25) is 5.91 Å². The molecular formula is C18H15F2N3O3S. The van der Waals surface area contributed by atoms with E-state index in [2.05, 4.69) is 10.3 Å². The van der Waals surface area contributed by atoms with E-state index in [0.717, 1.165) is 23.9 Å². The summed E-state index contributed by atoms with van der Waals surface area (Å²) in [5.41, 5.74) is 0.0649. The summed E-state index contributed by atoms with van der Waals surface area (Å²) in [6, 6.07) is 6.49. The van der Waals surface area contributed by atoms with Gasteiger partial charge in [0, 0.05) is 0 Å². The maximum atomic E-state index is 13.6. The van der Waals surface area contributed by atoms with E-state index in [0.29, 0.717) is 5.69 Å². The number of nitrogens with one attached hydrogen (secondary N) is 1. The normalized spacial score (nSPS) is 10.2. The first-order valence-corrected chi connectivity index (χ1v) is 8.81. The lowest BCUT2D eigenvalue weighted by Gasteiger charge is -2.10. The van der Waals surface area contributed by atoms with E-state index in [-0.39, 0.29) is 28.5 Å². The number of aromatic nitrogens is 1. The third kappa shape index (κ3) is 5.01. The highest BCUT2D eigenvalue weighted by Gasteiger charge is 2.18. The van der Waals surface area contributed by atoms with Crippen molar-refractivity contribution in [2.24, 2.45) is 0 Å². The lowest BCUT2D eigenvalue weighted by Crippen LogP contribution is -2.16. The number of nitrogens with zero attached hydrogens (tertiary/aromatic N) is 2. The van der Waals surface area contributed by atoms with Crippen LogP contribution in [0, 0.1) is 29.9 Å². The second-order valence-electron chi connectivity index (χ2n) is 5.24. The van der Waals surface area contributed by atoms with Crippen LogP contribution in [0.2, 0.25) is 0 Å². The predicted octanol–water partition coefficient (Wildman–Crippen LogP) is 3.45. The van der Waals surface area contributed by atoms with Crippen LogP contribution in [0.1, 0.15) is 28.5 Å². The van der Waals surface area contributed by atoms with Gasteiger partial charge in [0.05, 0.1) is 29.2 Å². The van der Waals surface area contributed by atoms with E-state index < -0.39 is 29.2 Å². The van der Waals surface area contributed by atoms with E-state index in [1.807, 2.05) is 6.07 Å². The molecule has 0 aliphatic carbocycles. The molecular weight excluding hydrogens is 376 g/mol. The van der Waals surface area contributed by atoms with Gasteiger partial charge in [-0.2, -0.15) is 5.26 Å². The first-order valence-electron chi connectivity index (χ1n) is 7.82. The molecule has 0 bridgehead atoms. The van der Waals surface area contributed by atoms with Crippen LogP contribution in [0.25, 0.3) is 0 Å². The lowest BCUT2D eigenvalue weighted by atomic mass is 10.1. The molecule has 2 rings (SSSR count). The molecule has 0 unspecified atom stereocenters. The Labute approximate surface area is 158 Å². The number of esters is 1. The molecule has 1 aromatic heterocycles. The number of amides is 1. The maximum absolute atomic E-state index is 13.6. The molecule has 2 aromatic rings. The second kappa shape index (κ2) is 9.09. The molecule has 0 atom stereocenters. The Morgan fingerprint density at radius 1 is 1.33 bits per heavy atom. The minimum atomic E-state index is -0.890. The van der Waals surface area contributed by atoms with Crippen LogP contribution in [-0.2, 0) is 9.53 Å². The molecule has 6 nitrogen and oxygen atoms in total. The quantitative estimate of drug-likeness (QED) is 0.599. The van der Waals surface area contributed by atoms with Gasteiger partial charge < -0.3 is 10.1 Å². The number of hydrogen-bond donors (Lipinski definition) is 1. The molecule has 0 radical (unpaired) electrons. The van der Waals surface area contributed by atoms with Crippen molar-refractivity contribution in [2.45, 2.75) is 18.9 Å². The van der Waals surface area contributed by atoms with Crippen LogP contribution >= 0.6 is 11.8 Å². The highest BCUT2D eigenvalue weighted by Crippen LogP contribution is 2.24. The van der Waals surface area contributed by atoms with Crippen LogP contribution in [0.3, 0.4) is 0 Å². The first kappa shape index (κ1) is 20.3. The molecule has 27 heavy (non-hydrogen) atoms. The van der Waals surface area contributed by atoms with Crippen LogP contribution < -0.4 is 5.32 Å². The van der Waals surface area contributed by atoms with Gasteiger partial charge in [0.1, 0.15) is 28.4 Å². The molecule has 140 valence electrons. The third-order valence-corrected chi connectivity index (χ3v) is 4.35. The summed E-state index contributed by atoms with van der Waals surface area (Å²) in [6.45, 7) is 3.42. The van der Waals surface area contributed by atoms with Gasteiger partial charge >= 0.3 is 5.97 Å². The predicted molar refractivity (Wildman–Crippen MR) is 95.4 cm³/mol. The molecule has 1 heterocycles. The molecule has 0 saturated carbocycles. The monoisotopic (exact) mass is 391 g/mol. The van der Waals surface area contributed by atoms with E-state index in [4.69, 9.17) is 4.74 Å². The van der Waals surface area contributed by atoms with Crippen molar-refractivity contribution in [1.29, 1.82) is 5.26 Å². The van der Waals surface area contributed by atoms with Crippen LogP contribution in [0.5, 0.6) is 0 Å². The van der Waals surface area contributed by atoms with Crippen LogP contribution in [0.4, 0.5) is 14.5 Å². The van der Waals surface area contributed by atoms with Gasteiger partial charge in [-0.25, -0.2) is 18.6 Å². The maximum Gasteiger partial charge on any atom is 0.340 e. The van der Waals surface area contributed by atoms with Crippen molar-refractivity contribution in [1.82, 2.24) is 4.98 Å². The Balaban J connectivity index is 2.13. The van der Waals surface area contributed by atoms with E-state index >= 15 is 0 Å². The van der Waals surface area contributed by atoms with Crippen molar-refractivity contribution in [3.8, 4) is 6.07 Å². The zero-order valence-electron chi connectivity index (χ0n) is 14.5. The molecule has 0 saturated heterocycles. The number of rotatable bonds is 6. The Hall–Kier alpha value is -2.99. The zero-order chi connectivity index (χ0) is 20.0. The minimum Gasteiger partial charge on any atom is -0.462 e. The molecule has 1 aromatic carbocycles. The lowest BCUT2D eigenvalue weighted by molar-refractivity contribution is -0.113. The largest absolute Gasteiger partial charge is 0.462 e. The second-order valence-corrected chi connectivity index (χ2v) is 6.20. The zero-order valence-corrected chi connectivity index (χ0v) is 15.3. The fraction of sp³-hybridized carbons (Fsp3) is 0.222. The molecule has 1 amide bonds. The number of pyridine rings is 1. The molecule has 0 aliphatic rings. The summed E-state index contributed by atoms with van der Waals surface area (Å²) in [6.07, 6.45) is 0. The molecule has 0 aliphatic heterocycles. The fourth-order valence-electron chi connectivity index (χ4n) is 2.12. The topological polar surface area (TPSA) is 92.1 Å². The summed E-state index contributed by atoms with van der Waals surface area (Å²) >= 11 is 0.916.